The van der Waals surface area contributed by atoms with E-state index in [1.165, 1.54) is 25.7 Å². The number of nitrogens with two attached hydrogens (primary N) is 1. The predicted octanol–water partition coefficient (Wildman–Crippen LogP) is 2.64. The molecule has 4 heteroatoms. The number of aromatic nitrogens is 2. The minimum absolute atomic E-state index is 0.183. The molecule has 2 atom stereocenters. The molecule has 0 radical (unpaired) electrons. The first-order chi connectivity index (χ1) is 8.20. The zero-order valence-electron chi connectivity index (χ0n) is 10.9. The summed E-state index contributed by atoms with van der Waals surface area (Å²) >= 11 is 0. The SMILES string of the molecule is CCC(C)c1noc(CC(N)C2CCCC2)n1. The first-order valence-corrected chi connectivity index (χ1v) is 6.78. The number of rotatable bonds is 5. The van der Waals surface area contributed by atoms with Crippen LogP contribution >= 0.6 is 0 Å². The van der Waals surface area contributed by atoms with E-state index in [0.717, 1.165) is 18.7 Å². The smallest absolute Gasteiger partial charge is 0.228 e. The van der Waals surface area contributed by atoms with Crippen molar-refractivity contribution in [3.63, 3.8) is 0 Å². The summed E-state index contributed by atoms with van der Waals surface area (Å²) in [6, 6.07) is 0.183. The minimum atomic E-state index is 0.183. The lowest BCUT2D eigenvalue weighted by atomic mass is 9.96. The molecule has 4 nitrogen and oxygen atoms in total. The molecule has 2 N–H and O–H groups in total. The zero-order valence-corrected chi connectivity index (χ0v) is 10.9. The van der Waals surface area contributed by atoms with Gasteiger partial charge in [-0.3, -0.25) is 0 Å². The molecule has 1 fully saturated rings. The molecule has 1 heterocycles. The van der Waals surface area contributed by atoms with Gasteiger partial charge in [0.15, 0.2) is 5.82 Å². The van der Waals surface area contributed by atoms with E-state index in [9.17, 15) is 0 Å². The quantitative estimate of drug-likeness (QED) is 0.855. The van der Waals surface area contributed by atoms with Crippen molar-refractivity contribution in [3.8, 4) is 0 Å². The average Bonchev–Trinajstić information content (AvgIpc) is 2.98. The molecule has 2 unspecified atom stereocenters. The van der Waals surface area contributed by atoms with E-state index < -0.39 is 0 Å². The second-order valence-corrected chi connectivity index (χ2v) is 5.27. The average molecular weight is 237 g/mol. The summed E-state index contributed by atoms with van der Waals surface area (Å²) in [5, 5.41) is 4.02. The van der Waals surface area contributed by atoms with Gasteiger partial charge < -0.3 is 10.3 Å². The normalized spacial score (nSPS) is 20.6. The molecule has 96 valence electrons. The van der Waals surface area contributed by atoms with Crippen molar-refractivity contribution in [2.24, 2.45) is 11.7 Å². The third kappa shape index (κ3) is 3.06. The number of hydrogen-bond acceptors (Lipinski definition) is 4. The largest absolute Gasteiger partial charge is 0.339 e. The summed E-state index contributed by atoms with van der Waals surface area (Å²) in [7, 11) is 0. The van der Waals surface area contributed by atoms with Crippen LogP contribution in [0.3, 0.4) is 0 Å². The van der Waals surface area contributed by atoms with Gasteiger partial charge in [-0.05, 0) is 25.2 Å². The van der Waals surface area contributed by atoms with Crippen molar-refractivity contribution in [1.82, 2.24) is 10.1 Å². The highest BCUT2D eigenvalue weighted by molar-refractivity contribution is 4.95. The van der Waals surface area contributed by atoms with Gasteiger partial charge in [0.1, 0.15) is 0 Å². The molecule has 1 aliphatic carbocycles. The van der Waals surface area contributed by atoms with Crippen molar-refractivity contribution in [2.75, 3.05) is 0 Å². The Balaban J connectivity index is 1.91. The maximum Gasteiger partial charge on any atom is 0.228 e. The van der Waals surface area contributed by atoms with Crippen LogP contribution < -0.4 is 5.73 Å². The highest BCUT2D eigenvalue weighted by atomic mass is 16.5. The summed E-state index contributed by atoms with van der Waals surface area (Å²) < 4.78 is 5.28. The Kier molecular flexibility index (Phi) is 4.15. The Morgan fingerprint density at radius 1 is 1.41 bits per heavy atom. The molecule has 1 aliphatic rings. The molecule has 0 spiro atoms. The zero-order chi connectivity index (χ0) is 12.3. The third-order valence-electron chi connectivity index (χ3n) is 3.95. The van der Waals surface area contributed by atoms with Gasteiger partial charge in [-0.2, -0.15) is 4.98 Å². The molecule has 0 aliphatic heterocycles. The van der Waals surface area contributed by atoms with Crippen molar-refractivity contribution < 1.29 is 4.52 Å². The summed E-state index contributed by atoms with van der Waals surface area (Å²) in [5.41, 5.74) is 6.20. The van der Waals surface area contributed by atoms with Crippen LogP contribution in [-0.2, 0) is 6.42 Å². The highest BCUT2D eigenvalue weighted by Gasteiger charge is 2.24. The fourth-order valence-corrected chi connectivity index (χ4v) is 2.49. The first kappa shape index (κ1) is 12.6. The molecule has 0 bridgehead atoms. The van der Waals surface area contributed by atoms with Crippen LogP contribution in [0.5, 0.6) is 0 Å². The van der Waals surface area contributed by atoms with Crippen LogP contribution in [-0.4, -0.2) is 16.2 Å². The second-order valence-electron chi connectivity index (χ2n) is 5.27. The molecule has 1 aromatic rings. The Morgan fingerprint density at radius 2 is 2.12 bits per heavy atom. The van der Waals surface area contributed by atoms with E-state index in [-0.39, 0.29) is 6.04 Å². The fraction of sp³-hybridized carbons (Fsp3) is 0.846. The summed E-state index contributed by atoms with van der Waals surface area (Å²) in [6.45, 7) is 4.25. The van der Waals surface area contributed by atoms with Gasteiger partial charge in [0.25, 0.3) is 0 Å². The van der Waals surface area contributed by atoms with Crippen molar-refractivity contribution >= 4 is 0 Å². The topological polar surface area (TPSA) is 64.9 Å². The van der Waals surface area contributed by atoms with Crippen molar-refractivity contribution in [2.45, 2.75) is 64.3 Å². The summed E-state index contributed by atoms with van der Waals surface area (Å²) in [6.07, 6.45) is 6.92. The summed E-state index contributed by atoms with van der Waals surface area (Å²) in [5.74, 6) is 2.55. The first-order valence-electron chi connectivity index (χ1n) is 6.78. The molecular formula is C13H23N3O. The minimum Gasteiger partial charge on any atom is -0.339 e. The van der Waals surface area contributed by atoms with Crippen LogP contribution in [0.15, 0.2) is 4.52 Å². The van der Waals surface area contributed by atoms with Crippen LogP contribution in [0.1, 0.15) is 63.6 Å². The standard InChI is InChI=1S/C13H23N3O/c1-3-9(2)13-15-12(17-16-13)8-11(14)10-6-4-5-7-10/h9-11H,3-8,14H2,1-2H3. The monoisotopic (exact) mass is 237 g/mol. The Labute approximate surface area is 103 Å². The van der Waals surface area contributed by atoms with Gasteiger partial charge in [-0.15, -0.1) is 0 Å². The molecule has 0 aromatic carbocycles. The van der Waals surface area contributed by atoms with Crippen LogP contribution in [0, 0.1) is 5.92 Å². The van der Waals surface area contributed by atoms with Crippen LogP contribution in [0.25, 0.3) is 0 Å². The molecule has 2 rings (SSSR count). The van der Waals surface area contributed by atoms with Crippen molar-refractivity contribution in [3.05, 3.63) is 11.7 Å². The van der Waals surface area contributed by atoms with Crippen molar-refractivity contribution in [1.29, 1.82) is 0 Å². The number of nitrogens with zero attached hydrogens (tertiary/aromatic N) is 2. The van der Waals surface area contributed by atoms with Gasteiger partial charge in [-0.25, -0.2) is 0 Å². The molecule has 1 aromatic heterocycles. The summed E-state index contributed by atoms with van der Waals surface area (Å²) in [4.78, 5) is 4.43. The van der Waals surface area contributed by atoms with Gasteiger partial charge in [0.05, 0.1) is 0 Å². The Hall–Kier alpha value is -0.900. The van der Waals surface area contributed by atoms with E-state index in [4.69, 9.17) is 10.3 Å². The lowest BCUT2D eigenvalue weighted by molar-refractivity contribution is 0.337. The lowest BCUT2D eigenvalue weighted by Crippen LogP contribution is -2.30. The maximum absolute atomic E-state index is 6.20. The van der Waals surface area contributed by atoms with Crippen LogP contribution in [0.4, 0.5) is 0 Å². The van der Waals surface area contributed by atoms with Gasteiger partial charge in [0, 0.05) is 18.4 Å². The molecule has 0 amide bonds. The van der Waals surface area contributed by atoms with E-state index in [0.29, 0.717) is 17.7 Å². The van der Waals surface area contributed by atoms with Crippen LogP contribution in [0.2, 0.25) is 0 Å². The number of hydrogen-bond donors (Lipinski definition) is 1. The highest BCUT2D eigenvalue weighted by Crippen LogP contribution is 2.28. The van der Waals surface area contributed by atoms with Gasteiger partial charge >= 0.3 is 0 Å². The molecule has 1 saturated carbocycles. The molecule has 17 heavy (non-hydrogen) atoms. The Bertz CT molecular complexity index is 344. The van der Waals surface area contributed by atoms with E-state index in [1.54, 1.807) is 0 Å². The van der Waals surface area contributed by atoms with E-state index in [2.05, 4.69) is 24.0 Å². The predicted molar refractivity (Wildman–Crippen MR) is 66.6 cm³/mol. The van der Waals surface area contributed by atoms with E-state index >= 15 is 0 Å². The third-order valence-corrected chi connectivity index (χ3v) is 3.95. The molecular weight excluding hydrogens is 214 g/mol. The lowest BCUT2D eigenvalue weighted by Gasteiger charge is -2.16. The molecule has 0 saturated heterocycles. The van der Waals surface area contributed by atoms with E-state index in [1.807, 2.05) is 0 Å². The van der Waals surface area contributed by atoms with Gasteiger partial charge in [0.2, 0.25) is 5.89 Å². The fourth-order valence-electron chi connectivity index (χ4n) is 2.49. The van der Waals surface area contributed by atoms with Gasteiger partial charge in [-0.1, -0.05) is 31.8 Å². The Morgan fingerprint density at radius 3 is 2.76 bits per heavy atom. The maximum atomic E-state index is 6.20. The second kappa shape index (κ2) is 5.63.